The lowest BCUT2D eigenvalue weighted by atomic mass is 10.1. The highest BCUT2D eigenvalue weighted by Crippen LogP contribution is 2.27. The number of benzene rings is 2. The van der Waals surface area contributed by atoms with E-state index in [9.17, 15) is 4.79 Å². The highest BCUT2D eigenvalue weighted by Gasteiger charge is 2.22. The molecule has 0 aromatic heterocycles. The maximum atomic E-state index is 12.1. The van der Waals surface area contributed by atoms with Crippen molar-refractivity contribution in [2.75, 3.05) is 32.6 Å². The SMILES string of the molecule is CN=C(NCc1cccc(C(=O)N(C)C)c1)N1CCc2ccccc21. The average Bonchev–Trinajstić information content (AvgIpc) is 3.06. The fourth-order valence-electron chi connectivity index (χ4n) is 3.11. The second kappa shape index (κ2) is 7.38. The standard InChI is InChI=1S/C20H24N4O/c1-21-20(24-12-11-16-8-4-5-10-18(16)24)22-14-15-7-6-9-17(13-15)19(25)23(2)3/h4-10,13H,11-12,14H2,1-3H3,(H,21,22). The third-order valence-electron chi connectivity index (χ3n) is 4.39. The van der Waals surface area contributed by atoms with Crippen LogP contribution < -0.4 is 10.2 Å². The van der Waals surface area contributed by atoms with Gasteiger partial charge in [-0.2, -0.15) is 0 Å². The van der Waals surface area contributed by atoms with Crippen LogP contribution in [0.15, 0.2) is 53.5 Å². The summed E-state index contributed by atoms with van der Waals surface area (Å²) in [6.07, 6.45) is 1.03. The van der Waals surface area contributed by atoms with Gasteiger partial charge in [0.05, 0.1) is 0 Å². The lowest BCUT2D eigenvalue weighted by Crippen LogP contribution is -2.40. The first-order chi connectivity index (χ1) is 12.1. The Morgan fingerprint density at radius 1 is 1.20 bits per heavy atom. The van der Waals surface area contributed by atoms with Crippen LogP contribution in [0, 0.1) is 0 Å². The van der Waals surface area contributed by atoms with Gasteiger partial charge in [0.15, 0.2) is 5.96 Å². The molecule has 0 saturated heterocycles. The van der Waals surface area contributed by atoms with E-state index in [-0.39, 0.29) is 5.91 Å². The fourth-order valence-corrected chi connectivity index (χ4v) is 3.11. The zero-order valence-electron chi connectivity index (χ0n) is 15.0. The van der Waals surface area contributed by atoms with Gasteiger partial charge >= 0.3 is 0 Å². The van der Waals surface area contributed by atoms with Crippen LogP contribution in [0.3, 0.4) is 0 Å². The van der Waals surface area contributed by atoms with Crippen molar-refractivity contribution >= 4 is 17.6 Å². The summed E-state index contributed by atoms with van der Waals surface area (Å²) in [4.78, 5) is 20.3. The topological polar surface area (TPSA) is 47.9 Å². The zero-order chi connectivity index (χ0) is 17.8. The van der Waals surface area contributed by atoms with Crippen LogP contribution in [-0.2, 0) is 13.0 Å². The largest absolute Gasteiger partial charge is 0.352 e. The molecule has 0 aliphatic carbocycles. The van der Waals surface area contributed by atoms with Gasteiger partial charge in [-0.1, -0.05) is 30.3 Å². The molecule has 2 aromatic rings. The van der Waals surface area contributed by atoms with Crippen molar-refractivity contribution in [3.63, 3.8) is 0 Å². The number of hydrogen-bond acceptors (Lipinski definition) is 2. The molecule has 130 valence electrons. The number of fused-ring (bicyclic) bond motifs is 1. The summed E-state index contributed by atoms with van der Waals surface area (Å²) < 4.78 is 0. The van der Waals surface area contributed by atoms with Gasteiger partial charge in [-0.05, 0) is 35.7 Å². The molecule has 0 bridgehead atoms. The molecule has 1 aliphatic heterocycles. The number of para-hydroxylation sites is 1. The fraction of sp³-hybridized carbons (Fsp3) is 0.300. The first kappa shape index (κ1) is 17.0. The van der Waals surface area contributed by atoms with E-state index < -0.39 is 0 Å². The summed E-state index contributed by atoms with van der Waals surface area (Å²) in [5.74, 6) is 0.869. The number of rotatable bonds is 3. The first-order valence-electron chi connectivity index (χ1n) is 8.47. The second-order valence-corrected chi connectivity index (χ2v) is 6.33. The molecule has 0 saturated carbocycles. The van der Waals surface area contributed by atoms with Crippen molar-refractivity contribution in [3.8, 4) is 0 Å². The molecule has 5 heteroatoms. The van der Waals surface area contributed by atoms with Gasteiger partial charge in [0.1, 0.15) is 0 Å². The van der Waals surface area contributed by atoms with Gasteiger partial charge in [-0.25, -0.2) is 0 Å². The number of nitrogens with zero attached hydrogens (tertiary/aromatic N) is 3. The minimum Gasteiger partial charge on any atom is -0.352 e. The van der Waals surface area contributed by atoms with E-state index in [1.807, 2.05) is 24.3 Å². The van der Waals surface area contributed by atoms with E-state index in [1.54, 1.807) is 26.0 Å². The van der Waals surface area contributed by atoms with Crippen LogP contribution in [-0.4, -0.2) is 44.5 Å². The molecule has 2 aromatic carbocycles. The Hall–Kier alpha value is -2.82. The summed E-state index contributed by atoms with van der Waals surface area (Å²) in [5.41, 5.74) is 4.32. The molecule has 1 N–H and O–H groups in total. The van der Waals surface area contributed by atoms with Crippen molar-refractivity contribution in [2.24, 2.45) is 4.99 Å². The Balaban J connectivity index is 1.71. The lowest BCUT2D eigenvalue weighted by molar-refractivity contribution is 0.0827. The number of amides is 1. The van der Waals surface area contributed by atoms with Crippen molar-refractivity contribution < 1.29 is 4.79 Å². The molecule has 0 unspecified atom stereocenters. The predicted molar refractivity (Wildman–Crippen MR) is 102 cm³/mol. The van der Waals surface area contributed by atoms with Crippen LogP contribution in [0.5, 0.6) is 0 Å². The van der Waals surface area contributed by atoms with Gasteiger partial charge in [0.25, 0.3) is 5.91 Å². The molecule has 3 rings (SSSR count). The highest BCUT2D eigenvalue weighted by atomic mass is 16.2. The van der Waals surface area contributed by atoms with E-state index in [0.29, 0.717) is 12.1 Å². The normalized spacial score (nSPS) is 13.6. The maximum absolute atomic E-state index is 12.1. The van der Waals surface area contributed by atoms with Crippen LogP contribution in [0.1, 0.15) is 21.5 Å². The second-order valence-electron chi connectivity index (χ2n) is 6.33. The maximum Gasteiger partial charge on any atom is 0.253 e. The van der Waals surface area contributed by atoms with Crippen LogP contribution >= 0.6 is 0 Å². The van der Waals surface area contributed by atoms with Gasteiger partial charge in [0, 0.05) is 45.5 Å². The number of anilines is 1. The van der Waals surface area contributed by atoms with Gasteiger partial charge in [0.2, 0.25) is 0 Å². The monoisotopic (exact) mass is 336 g/mol. The molecule has 0 fully saturated rings. The molecule has 1 amide bonds. The number of hydrogen-bond donors (Lipinski definition) is 1. The Morgan fingerprint density at radius 3 is 2.76 bits per heavy atom. The molecule has 1 heterocycles. The Bertz CT molecular complexity index is 798. The lowest BCUT2D eigenvalue weighted by Gasteiger charge is -2.22. The Labute approximate surface area is 149 Å². The van der Waals surface area contributed by atoms with Crippen molar-refractivity contribution in [2.45, 2.75) is 13.0 Å². The van der Waals surface area contributed by atoms with E-state index in [4.69, 9.17) is 0 Å². The van der Waals surface area contributed by atoms with Gasteiger partial charge in [-0.3, -0.25) is 9.79 Å². The van der Waals surface area contributed by atoms with Crippen molar-refractivity contribution in [1.82, 2.24) is 10.2 Å². The molecular formula is C20H24N4O. The van der Waals surface area contributed by atoms with E-state index >= 15 is 0 Å². The van der Waals surface area contributed by atoms with Crippen LogP contribution in [0.4, 0.5) is 5.69 Å². The average molecular weight is 336 g/mol. The minimum absolute atomic E-state index is 0.0136. The molecule has 0 atom stereocenters. The van der Waals surface area contributed by atoms with Crippen LogP contribution in [0.25, 0.3) is 0 Å². The minimum atomic E-state index is 0.0136. The molecule has 5 nitrogen and oxygen atoms in total. The zero-order valence-corrected chi connectivity index (χ0v) is 15.0. The molecule has 0 radical (unpaired) electrons. The van der Waals surface area contributed by atoms with E-state index in [2.05, 4.69) is 39.5 Å². The number of aliphatic imine (C=N–C) groups is 1. The highest BCUT2D eigenvalue weighted by molar-refractivity contribution is 5.98. The molecular weight excluding hydrogens is 312 g/mol. The van der Waals surface area contributed by atoms with Crippen molar-refractivity contribution in [3.05, 3.63) is 65.2 Å². The first-order valence-corrected chi connectivity index (χ1v) is 8.47. The Morgan fingerprint density at radius 2 is 2.00 bits per heavy atom. The van der Waals surface area contributed by atoms with Gasteiger partial charge in [-0.15, -0.1) is 0 Å². The number of carbonyl (C=O) groups is 1. The molecule has 0 spiro atoms. The van der Waals surface area contributed by atoms with E-state index in [1.165, 1.54) is 11.3 Å². The predicted octanol–water partition coefficient (Wildman–Crippen LogP) is 2.53. The van der Waals surface area contributed by atoms with Crippen LogP contribution in [0.2, 0.25) is 0 Å². The number of carbonyl (C=O) groups excluding carboxylic acids is 1. The summed E-state index contributed by atoms with van der Waals surface area (Å²) >= 11 is 0. The summed E-state index contributed by atoms with van der Waals surface area (Å²) in [6, 6.07) is 16.1. The van der Waals surface area contributed by atoms with Gasteiger partial charge < -0.3 is 15.1 Å². The number of guanidine groups is 1. The molecule has 1 aliphatic rings. The summed E-state index contributed by atoms with van der Waals surface area (Å²) in [6.45, 7) is 1.55. The summed E-state index contributed by atoms with van der Waals surface area (Å²) in [7, 11) is 5.33. The number of nitrogens with one attached hydrogen (secondary N) is 1. The van der Waals surface area contributed by atoms with E-state index in [0.717, 1.165) is 24.5 Å². The molecule has 25 heavy (non-hydrogen) atoms. The van der Waals surface area contributed by atoms with Crippen molar-refractivity contribution in [1.29, 1.82) is 0 Å². The summed E-state index contributed by atoms with van der Waals surface area (Å²) in [5, 5.41) is 3.41. The third-order valence-corrected chi connectivity index (χ3v) is 4.39. The third kappa shape index (κ3) is 3.65. The Kier molecular flexibility index (Phi) is 5.03. The quantitative estimate of drug-likeness (QED) is 0.692. The smallest absolute Gasteiger partial charge is 0.253 e.